The number of nitrogens with zero attached hydrogens (tertiary/aromatic N) is 1. The fourth-order valence-electron chi connectivity index (χ4n) is 2.58. The Labute approximate surface area is 126 Å². The number of amides is 1. The van der Waals surface area contributed by atoms with Crippen LogP contribution in [0.5, 0.6) is 0 Å². The topological polar surface area (TPSA) is 49.8 Å². The number of likely N-dealkylation sites (tertiary alicyclic amines) is 1. The van der Waals surface area contributed by atoms with Crippen molar-refractivity contribution in [1.82, 2.24) is 4.90 Å². The third kappa shape index (κ3) is 4.74. The Bertz CT molecular complexity index is 471. The highest BCUT2D eigenvalue weighted by Crippen LogP contribution is 2.27. The predicted octanol–water partition coefficient (Wildman–Crippen LogP) is 2.99. The van der Waals surface area contributed by atoms with E-state index in [0.29, 0.717) is 32.4 Å². The molecule has 1 amide bonds. The van der Waals surface area contributed by atoms with E-state index in [1.807, 2.05) is 51.1 Å². The lowest BCUT2D eigenvalue weighted by Crippen LogP contribution is -2.49. The van der Waals surface area contributed by atoms with Gasteiger partial charge in [-0.3, -0.25) is 0 Å². The number of hydrogen-bond donors (Lipinski definition) is 1. The molecule has 2 rings (SSSR count). The number of carbonyl (C=O) groups excluding carboxylic acids is 1. The highest BCUT2D eigenvalue weighted by Gasteiger charge is 2.35. The number of rotatable bonds is 2. The van der Waals surface area contributed by atoms with Crippen molar-refractivity contribution in [2.24, 2.45) is 0 Å². The average Bonchev–Trinajstić information content (AvgIpc) is 2.38. The van der Waals surface area contributed by atoms with Crippen molar-refractivity contribution < 1.29 is 14.6 Å². The lowest BCUT2D eigenvalue weighted by molar-refractivity contribution is -0.0315. The molecule has 1 aliphatic heterocycles. The third-order valence-corrected chi connectivity index (χ3v) is 3.72. The lowest BCUT2D eigenvalue weighted by Gasteiger charge is -2.38. The molecule has 21 heavy (non-hydrogen) atoms. The van der Waals surface area contributed by atoms with Gasteiger partial charge in [-0.25, -0.2) is 4.79 Å². The number of ether oxygens (including phenoxy) is 1. The molecule has 4 heteroatoms. The van der Waals surface area contributed by atoms with Crippen molar-refractivity contribution in [3.05, 3.63) is 35.9 Å². The molecule has 0 radical (unpaired) electrons. The summed E-state index contributed by atoms with van der Waals surface area (Å²) >= 11 is 0. The second-order valence-electron chi connectivity index (χ2n) is 6.85. The summed E-state index contributed by atoms with van der Waals surface area (Å²) in [4.78, 5) is 13.7. The Hall–Kier alpha value is -1.55. The van der Waals surface area contributed by atoms with E-state index in [1.54, 1.807) is 4.90 Å². The maximum Gasteiger partial charge on any atom is 0.410 e. The molecule has 1 aromatic rings. The van der Waals surface area contributed by atoms with Gasteiger partial charge in [0.05, 0.1) is 5.60 Å². The molecule has 0 atom stereocenters. The first kappa shape index (κ1) is 15.8. The van der Waals surface area contributed by atoms with Crippen LogP contribution >= 0.6 is 0 Å². The molecule has 0 unspecified atom stereocenters. The lowest BCUT2D eigenvalue weighted by atomic mass is 9.85. The first-order valence-corrected chi connectivity index (χ1v) is 7.52. The molecular weight excluding hydrogens is 266 g/mol. The second kappa shape index (κ2) is 6.06. The van der Waals surface area contributed by atoms with E-state index in [1.165, 1.54) is 0 Å². The van der Waals surface area contributed by atoms with Crippen LogP contribution in [0.2, 0.25) is 0 Å². The van der Waals surface area contributed by atoms with Crippen molar-refractivity contribution in [2.75, 3.05) is 13.1 Å². The summed E-state index contributed by atoms with van der Waals surface area (Å²) in [5.41, 5.74) is -0.0694. The Morgan fingerprint density at radius 2 is 1.81 bits per heavy atom. The van der Waals surface area contributed by atoms with E-state index in [0.717, 1.165) is 5.56 Å². The van der Waals surface area contributed by atoms with E-state index in [9.17, 15) is 9.90 Å². The van der Waals surface area contributed by atoms with Gasteiger partial charge < -0.3 is 14.7 Å². The molecule has 1 heterocycles. The van der Waals surface area contributed by atoms with Gasteiger partial charge in [0, 0.05) is 19.5 Å². The number of hydrogen-bond acceptors (Lipinski definition) is 3. The summed E-state index contributed by atoms with van der Waals surface area (Å²) in [5.74, 6) is 0. The highest BCUT2D eigenvalue weighted by molar-refractivity contribution is 5.68. The van der Waals surface area contributed by atoms with Gasteiger partial charge in [0.15, 0.2) is 0 Å². The van der Waals surface area contributed by atoms with E-state index in [2.05, 4.69) is 0 Å². The van der Waals surface area contributed by atoms with Gasteiger partial charge in [-0.1, -0.05) is 30.3 Å². The van der Waals surface area contributed by atoms with Gasteiger partial charge in [-0.2, -0.15) is 0 Å². The molecule has 1 aliphatic rings. The van der Waals surface area contributed by atoms with Crippen LogP contribution in [0.25, 0.3) is 0 Å². The summed E-state index contributed by atoms with van der Waals surface area (Å²) in [6, 6.07) is 9.98. The fraction of sp³-hybridized carbons (Fsp3) is 0.588. The van der Waals surface area contributed by atoms with Crippen LogP contribution in [-0.4, -0.2) is 40.4 Å². The fourth-order valence-corrected chi connectivity index (χ4v) is 2.58. The minimum Gasteiger partial charge on any atom is -0.444 e. The number of benzene rings is 1. The highest BCUT2D eigenvalue weighted by atomic mass is 16.6. The molecule has 1 aromatic carbocycles. The molecule has 0 aliphatic carbocycles. The van der Waals surface area contributed by atoms with Gasteiger partial charge in [0.2, 0.25) is 0 Å². The van der Waals surface area contributed by atoms with Crippen LogP contribution in [0.1, 0.15) is 39.2 Å². The standard InChI is InChI=1S/C17H25NO3/c1-16(2,3)21-15(19)18-11-9-17(20,10-12-18)13-14-7-5-4-6-8-14/h4-8,20H,9-13H2,1-3H3. The average molecular weight is 291 g/mol. The molecule has 1 saturated heterocycles. The maximum absolute atomic E-state index is 12.0. The number of carbonyl (C=O) groups is 1. The molecule has 1 N–H and O–H groups in total. The normalized spacial score (nSPS) is 18.4. The molecule has 1 fully saturated rings. The minimum atomic E-state index is -0.722. The van der Waals surface area contributed by atoms with Crippen molar-refractivity contribution >= 4 is 6.09 Å². The number of piperidine rings is 1. The largest absolute Gasteiger partial charge is 0.444 e. The van der Waals surface area contributed by atoms with Crippen LogP contribution in [0.3, 0.4) is 0 Å². The third-order valence-electron chi connectivity index (χ3n) is 3.72. The summed E-state index contributed by atoms with van der Waals surface area (Å²) in [6.45, 7) is 6.66. The van der Waals surface area contributed by atoms with Crippen molar-refractivity contribution in [3.63, 3.8) is 0 Å². The van der Waals surface area contributed by atoms with Crippen LogP contribution < -0.4 is 0 Å². The van der Waals surface area contributed by atoms with E-state index in [4.69, 9.17) is 4.74 Å². The first-order valence-electron chi connectivity index (χ1n) is 7.52. The zero-order valence-corrected chi connectivity index (χ0v) is 13.1. The van der Waals surface area contributed by atoms with Crippen molar-refractivity contribution in [1.29, 1.82) is 0 Å². The van der Waals surface area contributed by atoms with Crippen LogP contribution in [-0.2, 0) is 11.2 Å². The second-order valence-corrected chi connectivity index (χ2v) is 6.85. The smallest absolute Gasteiger partial charge is 0.410 e. The van der Waals surface area contributed by atoms with E-state index < -0.39 is 11.2 Å². The Balaban J connectivity index is 1.89. The minimum absolute atomic E-state index is 0.288. The molecule has 0 saturated carbocycles. The number of aliphatic hydroxyl groups is 1. The SMILES string of the molecule is CC(C)(C)OC(=O)N1CCC(O)(Cc2ccccc2)CC1. The molecule has 0 bridgehead atoms. The van der Waals surface area contributed by atoms with E-state index >= 15 is 0 Å². The Morgan fingerprint density at radius 3 is 2.33 bits per heavy atom. The summed E-state index contributed by atoms with van der Waals surface area (Å²) in [6.07, 6.45) is 1.52. The zero-order valence-electron chi connectivity index (χ0n) is 13.1. The monoisotopic (exact) mass is 291 g/mol. The van der Waals surface area contributed by atoms with Gasteiger partial charge in [0.1, 0.15) is 5.60 Å². The van der Waals surface area contributed by atoms with E-state index in [-0.39, 0.29) is 6.09 Å². The van der Waals surface area contributed by atoms with Gasteiger partial charge in [-0.15, -0.1) is 0 Å². The molecule has 0 aromatic heterocycles. The Morgan fingerprint density at radius 1 is 1.24 bits per heavy atom. The summed E-state index contributed by atoms with van der Waals surface area (Å²) in [7, 11) is 0. The Kier molecular flexibility index (Phi) is 4.57. The quantitative estimate of drug-likeness (QED) is 0.911. The molecule has 0 spiro atoms. The maximum atomic E-state index is 12.0. The molecule has 116 valence electrons. The molecule has 4 nitrogen and oxygen atoms in total. The summed E-state index contributed by atoms with van der Waals surface area (Å²) < 4.78 is 5.37. The zero-order chi connectivity index (χ0) is 15.5. The van der Waals surface area contributed by atoms with Crippen molar-refractivity contribution in [3.8, 4) is 0 Å². The molecular formula is C17H25NO3. The van der Waals surface area contributed by atoms with Crippen molar-refractivity contribution in [2.45, 2.75) is 51.2 Å². The van der Waals surface area contributed by atoms with Gasteiger partial charge in [0.25, 0.3) is 0 Å². The predicted molar refractivity (Wildman–Crippen MR) is 82.1 cm³/mol. The first-order chi connectivity index (χ1) is 9.77. The van der Waals surface area contributed by atoms with Gasteiger partial charge >= 0.3 is 6.09 Å². The van der Waals surface area contributed by atoms with Crippen LogP contribution in [0, 0.1) is 0 Å². The van der Waals surface area contributed by atoms with Crippen LogP contribution in [0.15, 0.2) is 30.3 Å². The van der Waals surface area contributed by atoms with Gasteiger partial charge in [-0.05, 0) is 39.2 Å². The van der Waals surface area contributed by atoms with Crippen LogP contribution in [0.4, 0.5) is 4.79 Å². The summed E-state index contributed by atoms with van der Waals surface area (Å²) in [5, 5.41) is 10.7.